The molecule has 2 atom stereocenters. The third-order valence-electron chi connectivity index (χ3n) is 4.08. The molecule has 0 aromatic heterocycles. The number of nitrogens with zero attached hydrogens (tertiary/aromatic N) is 1. The minimum Gasteiger partial charge on any atom is -0.497 e. The molecule has 3 N–H and O–H groups in total. The number of aliphatic hydroxyl groups excluding tert-OH is 1. The van der Waals surface area contributed by atoms with E-state index >= 15 is 0 Å². The van der Waals surface area contributed by atoms with Crippen LogP contribution in [0.1, 0.15) is 31.4 Å². The molecular weight excluding hydrogens is 322 g/mol. The quantitative estimate of drug-likeness (QED) is 0.486. The maximum absolute atomic E-state index is 10.5. The fourth-order valence-electron chi connectivity index (χ4n) is 2.73. The van der Waals surface area contributed by atoms with Crippen molar-refractivity contribution in [2.24, 2.45) is 4.99 Å². The van der Waals surface area contributed by atoms with Crippen LogP contribution < -0.4 is 20.1 Å². The Bertz CT molecular complexity index is 559. The van der Waals surface area contributed by atoms with Gasteiger partial charge in [0.15, 0.2) is 5.96 Å². The second-order valence-electron chi connectivity index (χ2n) is 5.86. The molecule has 1 aliphatic rings. The summed E-state index contributed by atoms with van der Waals surface area (Å²) in [4.78, 5) is 4.47. The Labute approximate surface area is 149 Å². The molecule has 1 fully saturated rings. The van der Waals surface area contributed by atoms with Crippen LogP contribution in [0.3, 0.4) is 0 Å². The van der Waals surface area contributed by atoms with Gasteiger partial charge in [-0.05, 0) is 38.0 Å². The Balaban J connectivity index is 2.00. The van der Waals surface area contributed by atoms with Crippen molar-refractivity contribution in [3.8, 4) is 11.5 Å². The Hall–Kier alpha value is -1.99. The number of methoxy groups -OCH3 is 2. The molecule has 2 rings (SSSR count). The Morgan fingerprint density at radius 3 is 2.84 bits per heavy atom. The van der Waals surface area contributed by atoms with E-state index in [9.17, 15) is 5.11 Å². The molecule has 1 heterocycles. The summed E-state index contributed by atoms with van der Waals surface area (Å²) in [5, 5.41) is 17.0. The zero-order valence-electron chi connectivity index (χ0n) is 15.2. The molecule has 0 saturated carbocycles. The van der Waals surface area contributed by atoms with Crippen molar-refractivity contribution >= 4 is 5.96 Å². The van der Waals surface area contributed by atoms with Crippen molar-refractivity contribution < 1.29 is 19.3 Å². The molecule has 140 valence electrons. The van der Waals surface area contributed by atoms with Gasteiger partial charge in [-0.3, -0.25) is 4.99 Å². The maximum atomic E-state index is 10.5. The summed E-state index contributed by atoms with van der Waals surface area (Å²) in [7, 11) is 3.17. The summed E-state index contributed by atoms with van der Waals surface area (Å²) in [6.45, 7) is 4.50. The van der Waals surface area contributed by atoms with E-state index in [1.165, 1.54) is 0 Å². The molecule has 2 unspecified atom stereocenters. The highest BCUT2D eigenvalue weighted by Gasteiger charge is 2.17. The summed E-state index contributed by atoms with van der Waals surface area (Å²) >= 11 is 0. The number of hydrogen-bond donors (Lipinski definition) is 3. The average Bonchev–Trinajstić information content (AvgIpc) is 3.16. The lowest BCUT2D eigenvalue weighted by Crippen LogP contribution is -2.41. The molecule has 1 saturated heterocycles. The lowest BCUT2D eigenvalue weighted by atomic mass is 10.1. The van der Waals surface area contributed by atoms with E-state index in [4.69, 9.17) is 14.2 Å². The summed E-state index contributed by atoms with van der Waals surface area (Å²) < 4.78 is 16.2. The predicted molar refractivity (Wildman–Crippen MR) is 97.5 cm³/mol. The molecule has 1 aromatic rings. The van der Waals surface area contributed by atoms with Gasteiger partial charge in [0.1, 0.15) is 17.6 Å². The van der Waals surface area contributed by atoms with Crippen molar-refractivity contribution in [2.45, 2.75) is 32.0 Å². The first-order valence-corrected chi connectivity index (χ1v) is 8.71. The number of nitrogens with one attached hydrogen (secondary N) is 2. The zero-order chi connectivity index (χ0) is 18.1. The van der Waals surface area contributed by atoms with E-state index in [0.29, 0.717) is 29.6 Å². The van der Waals surface area contributed by atoms with Gasteiger partial charge < -0.3 is 30.0 Å². The molecular formula is C18H29N3O4. The number of aliphatic hydroxyl groups is 1. The van der Waals surface area contributed by atoms with Gasteiger partial charge in [0.25, 0.3) is 0 Å². The highest BCUT2D eigenvalue weighted by Crippen LogP contribution is 2.29. The first-order valence-electron chi connectivity index (χ1n) is 8.71. The third-order valence-corrected chi connectivity index (χ3v) is 4.08. The van der Waals surface area contributed by atoms with Crippen LogP contribution in [0, 0.1) is 0 Å². The van der Waals surface area contributed by atoms with Gasteiger partial charge in [0.05, 0.1) is 26.9 Å². The number of benzene rings is 1. The molecule has 1 aliphatic heterocycles. The van der Waals surface area contributed by atoms with Crippen molar-refractivity contribution in [1.29, 1.82) is 0 Å². The Kier molecular flexibility index (Phi) is 7.81. The summed E-state index contributed by atoms with van der Waals surface area (Å²) in [6.07, 6.45) is 1.61. The lowest BCUT2D eigenvalue weighted by molar-refractivity contribution is 0.113. The fourth-order valence-corrected chi connectivity index (χ4v) is 2.73. The van der Waals surface area contributed by atoms with Crippen molar-refractivity contribution in [3.63, 3.8) is 0 Å². The van der Waals surface area contributed by atoms with Crippen LogP contribution in [-0.2, 0) is 4.74 Å². The van der Waals surface area contributed by atoms with Crippen molar-refractivity contribution in [1.82, 2.24) is 10.6 Å². The minimum atomic E-state index is -0.789. The number of guanidine groups is 1. The second kappa shape index (κ2) is 10.1. The van der Waals surface area contributed by atoms with Crippen LogP contribution in [0.2, 0.25) is 0 Å². The van der Waals surface area contributed by atoms with E-state index in [1.54, 1.807) is 32.4 Å². The molecule has 0 bridgehead atoms. The lowest BCUT2D eigenvalue weighted by Gasteiger charge is -2.17. The van der Waals surface area contributed by atoms with Gasteiger partial charge in [-0.2, -0.15) is 0 Å². The smallest absolute Gasteiger partial charge is 0.191 e. The van der Waals surface area contributed by atoms with Gasteiger partial charge in [0, 0.05) is 25.3 Å². The highest BCUT2D eigenvalue weighted by molar-refractivity contribution is 5.79. The van der Waals surface area contributed by atoms with E-state index in [-0.39, 0.29) is 12.6 Å². The van der Waals surface area contributed by atoms with Crippen LogP contribution in [0.15, 0.2) is 23.2 Å². The van der Waals surface area contributed by atoms with Gasteiger partial charge in [-0.15, -0.1) is 0 Å². The first kappa shape index (κ1) is 19.3. The third kappa shape index (κ3) is 5.79. The Morgan fingerprint density at radius 2 is 2.20 bits per heavy atom. The maximum Gasteiger partial charge on any atom is 0.191 e. The number of rotatable bonds is 8. The van der Waals surface area contributed by atoms with E-state index in [1.807, 2.05) is 6.92 Å². The first-order chi connectivity index (χ1) is 12.2. The number of hydrogen-bond acceptors (Lipinski definition) is 5. The highest BCUT2D eigenvalue weighted by atomic mass is 16.5. The molecule has 0 radical (unpaired) electrons. The van der Waals surface area contributed by atoms with Crippen LogP contribution in [-0.4, -0.2) is 57.6 Å². The van der Waals surface area contributed by atoms with Gasteiger partial charge in [0.2, 0.25) is 0 Å². The fraction of sp³-hybridized carbons (Fsp3) is 0.611. The molecule has 7 heteroatoms. The molecule has 0 amide bonds. The second-order valence-corrected chi connectivity index (χ2v) is 5.86. The summed E-state index contributed by atoms with van der Waals surface area (Å²) in [5.41, 5.74) is 0.653. The van der Waals surface area contributed by atoms with Crippen molar-refractivity contribution in [3.05, 3.63) is 23.8 Å². The summed E-state index contributed by atoms with van der Waals surface area (Å²) in [5.74, 6) is 1.95. The molecule has 1 aromatic carbocycles. The normalized spacial score (nSPS) is 18.7. The van der Waals surface area contributed by atoms with E-state index < -0.39 is 6.10 Å². The SMILES string of the molecule is CCNC(=NCC(O)c1cc(OC)ccc1OC)NCC1CCCO1. The average molecular weight is 351 g/mol. The minimum absolute atomic E-state index is 0.213. The monoisotopic (exact) mass is 351 g/mol. The topological polar surface area (TPSA) is 84.3 Å². The van der Waals surface area contributed by atoms with Crippen LogP contribution in [0.4, 0.5) is 0 Å². The van der Waals surface area contributed by atoms with Crippen LogP contribution in [0.5, 0.6) is 11.5 Å². The van der Waals surface area contributed by atoms with E-state index in [0.717, 1.165) is 26.0 Å². The Morgan fingerprint density at radius 1 is 1.36 bits per heavy atom. The molecule has 0 spiro atoms. The van der Waals surface area contributed by atoms with Crippen LogP contribution >= 0.6 is 0 Å². The summed E-state index contributed by atoms with van der Waals surface area (Å²) in [6, 6.07) is 5.35. The molecule has 7 nitrogen and oxygen atoms in total. The van der Waals surface area contributed by atoms with Crippen molar-refractivity contribution in [2.75, 3.05) is 40.5 Å². The van der Waals surface area contributed by atoms with Crippen LogP contribution in [0.25, 0.3) is 0 Å². The van der Waals surface area contributed by atoms with Gasteiger partial charge >= 0.3 is 0 Å². The number of ether oxygens (including phenoxy) is 3. The largest absolute Gasteiger partial charge is 0.497 e. The zero-order valence-corrected chi connectivity index (χ0v) is 15.2. The van der Waals surface area contributed by atoms with Gasteiger partial charge in [-0.1, -0.05) is 0 Å². The standard InChI is InChI=1S/C18H29N3O4/c1-4-19-18(20-11-14-6-5-9-25-14)21-12-16(22)15-10-13(23-2)7-8-17(15)24-3/h7-8,10,14,16,22H,4-6,9,11-12H2,1-3H3,(H2,19,20,21). The molecule has 25 heavy (non-hydrogen) atoms. The van der Waals surface area contributed by atoms with E-state index in [2.05, 4.69) is 15.6 Å². The predicted octanol–water partition coefficient (Wildman–Crippen LogP) is 1.47. The van der Waals surface area contributed by atoms with Gasteiger partial charge in [-0.25, -0.2) is 0 Å². The molecule has 0 aliphatic carbocycles. The number of aliphatic imine (C=N–C) groups is 1.